The minimum atomic E-state index is -0.114. The Bertz CT molecular complexity index is 560. The van der Waals surface area contributed by atoms with Crippen molar-refractivity contribution in [3.8, 4) is 0 Å². The summed E-state index contributed by atoms with van der Waals surface area (Å²) in [6.07, 6.45) is 3.30. The van der Waals surface area contributed by atoms with E-state index in [0.29, 0.717) is 16.5 Å². The summed E-state index contributed by atoms with van der Waals surface area (Å²) in [7, 11) is 0. The number of benzene rings is 1. The van der Waals surface area contributed by atoms with E-state index in [4.69, 9.17) is 11.6 Å². The number of rotatable bonds is 8. The molecule has 0 atom stereocenters. The maximum Gasteiger partial charge on any atom is 0.234 e. The number of carbonyl (C=O) groups excluding carboxylic acids is 2. The van der Waals surface area contributed by atoms with Gasteiger partial charge in [0.15, 0.2) is 0 Å². The van der Waals surface area contributed by atoms with Gasteiger partial charge in [0, 0.05) is 29.6 Å². The van der Waals surface area contributed by atoms with Crippen LogP contribution in [0.4, 0.5) is 5.69 Å². The molecule has 1 aromatic rings. The Hall–Kier alpha value is -1.24. The maximum absolute atomic E-state index is 12.0. The average molecular weight is 385 g/mol. The van der Waals surface area contributed by atoms with E-state index in [1.807, 2.05) is 0 Å². The molecule has 0 unspecified atom stereocenters. The van der Waals surface area contributed by atoms with Gasteiger partial charge in [-0.1, -0.05) is 18.5 Å². The molecule has 0 aliphatic carbocycles. The second kappa shape index (κ2) is 10.7. The second-order valence-corrected chi connectivity index (χ2v) is 7.81. The van der Waals surface area contributed by atoms with Gasteiger partial charge in [0.05, 0.1) is 31.1 Å². The Balaban J connectivity index is 1.59. The van der Waals surface area contributed by atoms with Gasteiger partial charge in [0.1, 0.15) is 0 Å². The van der Waals surface area contributed by atoms with Crippen molar-refractivity contribution >= 4 is 40.9 Å². The van der Waals surface area contributed by atoms with Gasteiger partial charge in [-0.05, 0) is 30.7 Å². The molecular weight excluding hydrogens is 358 g/mol. The molecule has 25 heavy (non-hydrogen) atoms. The van der Waals surface area contributed by atoms with Gasteiger partial charge >= 0.3 is 0 Å². The largest absolute Gasteiger partial charge is 0.352 e. The summed E-state index contributed by atoms with van der Waals surface area (Å²) >= 11 is 7.14. The van der Waals surface area contributed by atoms with Crippen LogP contribution in [0.1, 0.15) is 26.2 Å². The van der Waals surface area contributed by atoms with E-state index in [2.05, 4.69) is 17.6 Å². The normalized spacial score (nSPS) is 20.1. The van der Waals surface area contributed by atoms with E-state index < -0.39 is 0 Å². The first-order valence-corrected chi connectivity index (χ1v) is 10.4. The number of piperidine rings is 1. The molecule has 1 aliphatic rings. The molecule has 1 saturated heterocycles. The lowest BCUT2D eigenvalue weighted by Gasteiger charge is -2.29. The smallest absolute Gasteiger partial charge is 0.234 e. The third-order valence-corrected chi connectivity index (χ3v) is 5.44. The maximum atomic E-state index is 12.0. The molecule has 0 aromatic heterocycles. The first kappa shape index (κ1) is 20.1. The predicted octanol–water partition coefficient (Wildman–Crippen LogP) is 1.59. The quantitative estimate of drug-likeness (QED) is 0.637. The number of quaternary nitrogens is 1. The minimum absolute atomic E-state index is 0.0215. The molecule has 2 amide bonds. The van der Waals surface area contributed by atoms with Gasteiger partial charge in [0.25, 0.3) is 0 Å². The van der Waals surface area contributed by atoms with Crippen LogP contribution in [0, 0.1) is 0 Å². The molecule has 1 aliphatic heterocycles. The highest BCUT2D eigenvalue weighted by molar-refractivity contribution is 8.00. The Morgan fingerprint density at radius 3 is 2.44 bits per heavy atom. The van der Waals surface area contributed by atoms with Crippen molar-refractivity contribution in [2.75, 3.05) is 36.5 Å². The van der Waals surface area contributed by atoms with E-state index in [1.165, 1.54) is 24.7 Å². The van der Waals surface area contributed by atoms with Crippen LogP contribution in [0.25, 0.3) is 0 Å². The Morgan fingerprint density at radius 1 is 1.16 bits per heavy atom. The summed E-state index contributed by atoms with van der Waals surface area (Å²) in [4.78, 5) is 25.5. The number of likely N-dealkylation sites (tertiary alicyclic amines) is 1. The van der Waals surface area contributed by atoms with Crippen LogP contribution in [0.2, 0.25) is 5.02 Å². The Labute approximate surface area is 158 Å². The highest BCUT2D eigenvalue weighted by atomic mass is 35.5. The fraction of sp³-hybridized carbons (Fsp3) is 0.556. The standard InChI is InChI=1S/C18H26ClN3O2S/c1-2-9-22-10-7-16(8-11-22)21-18(24)13-25-12-17(23)20-15-5-3-14(19)4-6-15/h3-6,16H,2,7-13H2,1H3,(H,20,23)(H,21,24)/p+1. The summed E-state index contributed by atoms with van der Waals surface area (Å²) in [5, 5.41) is 6.51. The van der Waals surface area contributed by atoms with Gasteiger partial charge in [-0.2, -0.15) is 0 Å². The van der Waals surface area contributed by atoms with Gasteiger partial charge in [-0.15, -0.1) is 11.8 Å². The number of halogens is 1. The molecule has 3 N–H and O–H groups in total. The lowest BCUT2D eigenvalue weighted by atomic mass is 10.1. The van der Waals surface area contributed by atoms with Crippen molar-refractivity contribution in [1.82, 2.24) is 5.32 Å². The summed E-state index contributed by atoms with van der Waals surface area (Å²) < 4.78 is 0. The lowest BCUT2D eigenvalue weighted by molar-refractivity contribution is -0.905. The summed E-state index contributed by atoms with van der Waals surface area (Å²) in [6, 6.07) is 7.25. The molecule has 7 heteroatoms. The van der Waals surface area contributed by atoms with Gasteiger partial charge in [-0.3, -0.25) is 9.59 Å². The monoisotopic (exact) mass is 384 g/mol. The number of nitrogens with one attached hydrogen (secondary N) is 3. The Morgan fingerprint density at radius 2 is 1.80 bits per heavy atom. The van der Waals surface area contributed by atoms with E-state index in [9.17, 15) is 9.59 Å². The fourth-order valence-electron chi connectivity index (χ4n) is 3.01. The first-order valence-electron chi connectivity index (χ1n) is 8.83. The number of carbonyl (C=O) groups is 2. The van der Waals surface area contributed by atoms with E-state index in [1.54, 1.807) is 29.2 Å². The van der Waals surface area contributed by atoms with Crippen LogP contribution in [0.5, 0.6) is 0 Å². The number of thioether (sulfide) groups is 1. The van der Waals surface area contributed by atoms with Crippen LogP contribution in [0.15, 0.2) is 24.3 Å². The molecule has 0 saturated carbocycles. The van der Waals surface area contributed by atoms with Gasteiger partial charge < -0.3 is 15.5 Å². The van der Waals surface area contributed by atoms with Crippen molar-refractivity contribution in [1.29, 1.82) is 0 Å². The summed E-state index contributed by atoms with van der Waals surface area (Å²) in [5.41, 5.74) is 0.709. The van der Waals surface area contributed by atoms with Crippen LogP contribution in [-0.2, 0) is 9.59 Å². The molecule has 1 fully saturated rings. The first-order chi connectivity index (χ1) is 12.1. The predicted molar refractivity (Wildman–Crippen MR) is 104 cm³/mol. The Kier molecular flexibility index (Phi) is 8.58. The van der Waals surface area contributed by atoms with Crippen molar-refractivity contribution in [3.05, 3.63) is 29.3 Å². The zero-order chi connectivity index (χ0) is 18.1. The number of anilines is 1. The molecule has 5 nitrogen and oxygen atoms in total. The molecule has 2 rings (SSSR count). The highest BCUT2D eigenvalue weighted by Gasteiger charge is 2.22. The molecule has 138 valence electrons. The summed E-state index contributed by atoms with van der Waals surface area (Å²) in [6.45, 7) is 5.70. The van der Waals surface area contributed by atoms with Crippen LogP contribution in [-0.4, -0.2) is 49.0 Å². The average Bonchev–Trinajstić information content (AvgIpc) is 2.59. The third kappa shape index (κ3) is 7.67. The van der Waals surface area contributed by atoms with Crippen molar-refractivity contribution in [2.45, 2.75) is 32.2 Å². The molecule has 1 aromatic carbocycles. The number of hydrogen-bond acceptors (Lipinski definition) is 3. The topological polar surface area (TPSA) is 62.6 Å². The number of amides is 2. The van der Waals surface area contributed by atoms with Gasteiger partial charge in [0.2, 0.25) is 11.8 Å². The van der Waals surface area contributed by atoms with Crippen LogP contribution >= 0.6 is 23.4 Å². The molecule has 0 spiro atoms. The van der Waals surface area contributed by atoms with E-state index in [0.717, 1.165) is 25.9 Å². The van der Waals surface area contributed by atoms with E-state index >= 15 is 0 Å². The highest BCUT2D eigenvalue weighted by Crippen LogP contribution is 2.13. The van der Waals surface area contributed by atoms with Crippen LogP contribution in [0.3, 0.4) is 0 Å². The molecule has 1 heterocycles. The molecule has 0 bridgehead atoms. The summed E-state index contributed by atoms with van der Waals surface area (Å²) in [5.74, 6) is 0.482. The molecular formula is C18H27ClN3O2S+. The van der Waals surface area contributed by atoms with Gasteiger partial charge in [-0.25, -0.2) is 0 Å². The van der Waals surface area contributed by atoms with Crippen molar-refractivity contribution in [2.24, 2.45) is 0 Å². The van der Waals surface area contributed by atoms with Crippen molar-refractivity contribution < 1.29 is 14.5 Å². The second-order valence-electron chi connectivity index (χ2n) is 6.39. The SMILES string of the molecule is CCC[NH+]1CCC(NC(=O)CSCC(=O)Nc2ccc(Cl)cc2)CC1. The van der Waals surface area contributed by atoms with Crippen molar-refractivity contribution in [3.63, 3.8) is 0 Å². The van der Waals surface area contributed by atoms with E-state index in [-0.39, 0.29) is 23.6 Å². The zero-order valence-electron chi connectivity index (χ0n) is 14.6. The fourth-order valence-corrected chi connectivity index (χ4v) is 3.76. The van der Waals surface area contributed by atoms with Crippen LogP contribution < -0.4 is 15.5 Å². The molecule has 0 radical (unpaired) electrons. The minimum Gasteiger partial charge on any atom is -0.352 e. The zero-order valence-corrected chi connectivity index (χ0v) is 16.2. The third-order valence-electron chi connectivity index (χ3n) is 4.26. The number of hydrogen-bond donors (Lipinski definition) is 3. The lowest BCUT2D eigenvalue weighted by Crippen LogP contribution is -3.13.